The number of rotatable bonds is 21. The van der Waals surface area contributed by atoms with Gasteiger partial charge in [-0.3, -0.25) is 0 Å². The van der Waals surface area contributed by atoms with Crippen LogP contribution in [0.1, 0.15) is 97.8 Å². The van der Waals surface area contributed by atoms with Gasteiger partial charge in [0.2, 0.25) is 0 Å². The maximum atomic E-state index is 6.42. The zero-order valence-corrected chi connectivity index (χ0v) is 23.1. The Bertz CT molecular complexity index is 471. The molecule has 0 amide bonds. The molecule has 7 heteroatoms. The van der Waals surface area contributed by atoms with E-state index in [1.54, 1.807) is 0 Å². The molecule has 0 atom stereocenters. The first kappa shape index (κ1) is 28.8. The molecule has 0 saturated carbocycles. The monoisotopic (exact) mass is 502 g/mol. The lowest BCUT2D eigenvalue weighted by Gasteiger charge is -2.44. The lowest BCUT2D eigenvalue weighted by atomic mass is 9.81. The third kappa shape index (κ3) is 8.64. The van der Waals surface area contributed by atoms with Crippen molar-refractivity contribution in [2.75, 3.05) is 59.5 Å². The molecule has 0 aliphatic carbocycles. The fraction of sp³-hybridized carbons (Fsp3) is 1.00. The summed E-state index contributed by atoms with van der Waals surface area (Å²) in [5.74, 6) is 0. The van der Waals surface area contributed by atoms with Gasteiger partial charge in [0.15, 0.2) is 0 Å². The molecule has 0 radical (unpaired) electrons. The predicted octanol–water partition coefficient (Wildman–Crippen LogP) is 7.05. The predicted molar refractivity (Wildman–Crippen MR) is 137 cm³/mol. The lowest BCUT2D eigenvalue weighted by molar-refractivity contribution is -0.155. The van der Waals surface area contributed by atoms with E-state index < -0.39 is 8.60 Å². The van der Waals surface area contributed by atoms with E-state index >= 15 is 0 Å². The molecule has 6 nitrogen and oxygen atoms in total. The van der Waals surface area contributed by atoms with Crippen LogP contribution in [0.3, 0.4) is 0 Å². The summed E-state index contributed by atoms with van der Waals surface area (Å²) in [7, 11) is -1.39. The smallest absolute Gasteiger partial charge is 0.332 e. The van der Waals surface area contributed by atoms with Crippen LogP contribution in [0.4, 0.5) is 0 Å². The maximum absolute atomic E-state index is 6.42. The van der Waals surface area contributed by atoms with Gasteiger partial charge < -0.3 is 27.8 Å². The lowest BCUT2D eigenvalue weighted by Crippen LogP contribution is -2.47. The Morgan fingerprint density at radius 2 is 0.794 bits per heavy atom. The van der Waals surface area contributed by atoms with Gasteiger partial charge in [0.25, 0.3) is 0 Å². The van der Waals surface area contributed by atoms with E-state index in [4.69, 9.17) is 27.8 Å². The van der Waals surface area contributed by atoms with Crippen molar-refractivity contribution in [3.05, 3.63) is 0 Å². The second-order valence-corrected chi connectivity index (χ2v) is 12.6. The van der Waals surface area contributed by atoms with Crippen LogP contribution in [-0.4, -0.2) is 59.5 Å². The van der Waals surface area contributed by atoms with Gasteiger partial charge in [-0.25, -0.2) is 0 Å². The van der Waals surface area contributed by atoms with Gasteiger partial charge >= 0.3 is 8.60 Å². The second-order valence-electron chi connectivity index (χ2n) is 11.4. The molecular formula is C27H51O6P. The van der Waals surface area contributed by atoms with Crippen molar-refractivity contribution in [1.29, 1.82) is 0 Å². The minimum Gasteiger partial charge on any atom is -0.380 e. The van der Waals surface area contributed by atoms with Crippen LogP contribution in [0.5, 0.6) is 0 Å². The Hall–Kier alpha value is 0.190. The Kier molecular flexibility index (Phi) is 12.5. The molecule has 0 aromatic carbocycles. The number of hydrogen-bond acceptors (Lipinski definition) is 6. The van der Waals surface area contributed by atoms with Crippen molar-refractivity contribution in [1.82, 2.24) is 0 Å². The first-order valence-corrected chi connectivity index (χ1v) is 15.1. The molecule has 0 N–H and O–H groups in total. The van der Waals surface area contributed by atoms with Crippen molar-refractivity contribution in [3.63, 3.8) is 0 Å². The van der Waals surface area contributed by atoms with Crippen molar-refractivity contribution >= 4 is 8.60 Å². The van der Waals surface area contributed by atoms with Gasteiger partial charge in [-0.2, -0.15) is 0 Å². The van der Waals surface area contributed by atoms with Crippen molar-refractivity contribution in [2.24, 2.45) is 16.2 Å². The molecular weight excluding hydrogens is 451 g/mol. The molecule has 0 spiro atoms. The normalized spacial score (nSPS) is 22.2. The molecule has 3 fully saturated rings. The van der Waals surface area contributed by atoms with Crippen LogP contribution < -0.4 is 0 Å². The Morgan fingerprint density at radius 1 is 0.500 bits per heavy atom. The van der Waals surface area contributed by atoms with Crippen LogP contribution in [0, 0.1) is 16.2 Å². The van der Waals surface area contributed by atoms with Gasteiger partial charge in [-0.1, -0.05) is 78.6 Å². The summed E-state index contributed by atoms with van der Waals surface area (Å²) in [6, 6.07) is 0. The Balaban J connectivity index is 1.53. The van der Waals surface area contributed by atoms with Crippen LogP contribution in [0.2, 0.25) is 0 Å². The first-order chi connectivity index (χ1) is 16.6. The topological polar surface area (TPSA) is 55.4 Å². The SMILES string of the molecule is CCCCCC1(COP(OCC2(CCCCC)COC2)OCC2(CCCCC)COC2)COC1. The molecule has 0 bridgehead atoms. The van der Waals surface area contributed by atoms with E-state index in [-0.39, 0.29) is 16.2 Å². The van der Waals surface area contributed by atoms with E-state index in [1.807, 2.05) is 0 Å². The highest BCUT2D eigenvalue weighted by Gasteiger charge is 2.43. The van der Waals surface area contributed by atoms with Crippen molar-refractivity contribution < 1.29 is 27.8 Å². The summed E-state index contributed by atoms with van der Waals surface area (Å²) in [5.41, 5.74) is 0.414. The van der Waals surface area contributed by atoms with Gasteiger partial charge in [0, 0.05) is 16.2 Å². The molecule has 0 aromatic rings. The third-order valence-corrected chi connectivity index (χ3v) is 8.83. The van der Waals surface area contributed by atoms with Gasteiger partial charge in [-0.05, 0) is 19.3 Å². The molecule has 3 heterocycles. The van der Waals surface area contributed by atoms with Gasteiger partial charge in [-0.15, -0.1) is 0 Å². The zero-order valence-electron chi connectivity index (χ0n) is 22.2. The fourth-order valence-electron chi connectivity index (χ4n) is 5.00. The molecule has 0 unspecified atom stereocenters. The van der Waals surface area contributed by atoms with Crippen LogP contribution >= 0.6 is 8.60 Å². The first-order valence-electron chi connectivity index (χ1n) is 14.0. The van der Waals surface area contributed by atoms with E-state index in [1.165, 1.54) is 57.8 Å². The molecule has 0 aromatic heterocycles. The average Bonchev–Trinajstić information content (AvgIpc) is 2.76. The quantitative estimate of drug-likeness (QED) is 0.124. The van der Waals surface area contributed by atoms with Crippen molar-refractivity contribution in [2.45, 2.75) is 97.8 Å². The summed E-state index contributed by atoms with van der Waals surface area (Å²) in [4.78, 5) is 0. The highest BCUT2D eigenvalue weighted by molar-refractivity contribution is 7.41. The van der Waals surface area contributed by atoms with Crippen molar-refractivity contribution in [3.8, 4) is 0 Å². The van der Waals surface area contributed by atoms with Gasteiger partial charge in [0.05, 0.1) is 59.5 Å². The summed E-state index contributed by atoms with van der Waals surface area (Å²) >= 11 is 0. The van der Waals surface area contributed by atoms with Crippen LogP contribution in [0.25, 0.3) is 0 Å². The van der Waals surface area contributed by atoms with E-state index in [9.17, 15) is 0 Å². The standard InChI is InChI=1S/C27H51O6P/c1-4-7-10-13-25(16-28-17-25)22-31-34(32-23-26(18-29-19-26)14-11-8-5-2)33-24-27(20-30-21-27)15-12-9-6-3/h4-24H2,1-3H3. The number of unbranched alkanes of at least 4 members (excludes halogenated alkanes) is 6. The highest BCUT2D eigenvalue weighted by atomic mass is 31.2. The number of hydrogen-bond donors (Lipinski definition) is 0. The maximum Gasteiger partial charge on any atom is 0.332 e. The largest absolute Gasteiger partial charge is 0.380 e. The third-order valence-electron chi connectivity index (χ3n) is 7.81. The summed E-state index contributed by atoms with van der Waals surface area (Å²) in [6.07, 6.45) is 14.7. The molecule has 3 aliphatic rings. The Morgan fingerprint density at radius 3 is 1.00 bits per heavy atom. The van der Waals surface area contributed by atoms with E-state index in [0.29, 0.717) is 19.8 Å². The molecule has 3 aliphatic heterocycles. The molecule has 200 valence electrons. The van der Waals surface area contributed by atoms with Gasteiger partial charge in [0.1, 0.15) is 0 Å². The minimum absolute atomic E-state index is 0.138. The number of ether oxygens (including phenoxy) is 3. The molecule has 3 saturated heterocycles. The molecule has 3 rings (SSSR count). The van der Waals surface area contributed by atoms with E-state index in [2.05, 4.69) is 20.8 Å². The average molecular weight is 503 g/mol. The van der Waals surface area contributed by atoms with Crippen LogP contribution in [-0.2, 0) is 27.8 Å². The highest BCUT2D eigenvalue weighted by Crippen LogP contribution is 2.49. The zero-order chi connectivity index (χ0) is 24.2. The van der Waals surface area contributed by atoms with Crippen LogP contribution in [0.15, 0.2) is 0 Å². The second kappa shape index (κ2) is 14.8. The summed E-state index contributed by atoms with van der Waals surface area (Å²) in [6.45, 7) is 13.5. The Labute approximate surface area is 210 Å². The van der Waals surface area contributed by atoms with E-state index in [0.717, 1.165) is 58.9 Å². The minimum atomic E-state index is -1.39. The summed E-state index contributed by atoms with van der Waals surface area (Å²) in [5, 5.41) is 0. The fourth-order valence-corrected chi connectivity index (χ4v) is 6.36. The summed E-state index contributed by atoms with van der Waals surface area (Å²) < 4.78 is 36.1. The molecule has 34 heavy (non-hydrogen) atoms.